The summed E-state index contributed by atoms with van der Waals surface area (Å²) in [5.41, 5.74) is 0.937. The Morgan fingerprint density at radius 3 is 1.32 bits per heavy atom. The average Bonchev–Trinajstić information content (AvgIpc) is 2.56. The van der Waals surface area contributed by atoms with E-state index in [1.54, 1.807) is 62.4 Å². The molecule has 4 nitrogen and oxygen atoms in total. The summed E-state index contributed by atoms with van der Waals surface area (Å²) in [7, 11) is 0. The Bertz CT molecular complexity index is 565. The number of ether oxygens (including phenoxy) is 2. The number of hydrogen-bond acceptors (Lipinski definition) is 4. The first-order valence-corrected chi connectivity index (χ1v) is 7.10. The molecule has 0 aliphatic carbocycles. The molecule has 22 heavy (non-hydrogen) atoms. The first-order chi connectivity index (χ1) is 10.6. The van der Waals surface area contributed by atoms with Crippen molar-refractivity contribution >= 4 is 11.9 Å². The summed E-state index contributed by atoms with van der Waals surface area (Å²) < 4.78 is 10.6. The van der Waals surface area contributed by atoms with Crippen LogP contribution in [0.15, 0.2) is 60.7 Å². The Morgan fingerprint density at radius 1 is 0.682 bits per heavy atom. The highest BCUT2D eigenvalue weighted by atomic mass is 16.6. The molecule has 0 aromatic heterocycles. The minimum atomic E-state index is -0.541. The van der Waals surface area contributed by atoms with Gasteiger partial charge in [0.05, 0.1) is 11.1 Å². The average molecular weight is 298 g/mol. The lowest BCUT2D eigenvalue weighted by atomic mass is 10.2. The summed E-state index contributed by atoms with van der Waals surface area (Å²) >= 11 is 0. The topological polar surface area (TPSA) is 52.6 Å². The highest BCUT2D eigenvalue weighted by Gasteiger charge is 2.21. The van der Waals surface area contributed by atoms with Gasteiger partial charge in [-0.15, -0.1) is 0 Å². The molecular weight excluding hydrogens is 280 g/mol. The highest BCUT2D eigenvalue weighted by Crippen LogP contribution is 2.11. The molecule has 2 aromatic rings. The first kappa shape index (κ1) is 15.8. The molecule has 114 valence electrons. The van der Waals surface area contributed by atoms with E-state index < -0.39 is 24.1 Å². The zero-order chi connectivity index (χ0) is 15.9. The fourth-order valence-corrected chi connectivity index (χ4v) is 1.81. The van der Waals surface area contributed by atoms with E-state index >= 15 is 0 Å². The van der Waals surface area contributed by atoms with Gasteiger partial charge in [-0.1, -0.05) is 36.4 Å². The molecular formula is C18H18O4. The molecule has 2 aromatic carbocycles. The van der Waals surface area contributed by atoms with Crippen LogP contribution < -0.4 is 0 Å². The predicted molar refractivity (Wildman–Crippen MR) is 82.6 cm³/mol. The third kappa shape index (κ3) is 4.19. The minimum Gasteiger partial charge on any atom is -0.455 e. The Morgan fingerprint density at radius 2 is 1.00 bits per heavy atom. The second-order valence-corrected chi connectivity index (χ2v) is 4.95. The zero-order valence-electron chi connectivity index (χ0n) is 12.6. The predicted octanol–water partition coefficient (Wildman–Crippen LogP) is 3.48. The quantitative estimate of drug-likeness (QED) is 0.793. The van der Waals surface area contributed by atoms with Crippen molar-refractivity contribution in [3.8, 4) is 0 Å². The van der Waals surface area contributed by atoms with E-state index in [1.165, 1.54) is 0 Å². The van der Waals surface area contributed by atoms with Gasteiger partial charge in [-0.3, -0.25) is 0 Å². The van der Waals surface area contributed by atoms with Crippen LogP contribution in [0.25, 0.3) is 0 Å². The standard InChI is InChI=1S/C18H18O4/c1-13(21-17(19)15-9-5-3-6-10-15)14(2)22-18(20)16-11-7-4-8-12-16/h3-14H,1-2H3/t13-,14-/m0/s1. The second-order valence-electron chi connectivity index (χ2n) is 4.95. The van der Waals surface area contributed by atoms with Gasteiger partial charge in [0.15, 0.2) is 0 Å². The largest absolute Gasteiger partial charge is 0.455 e. The van der Waals surface area contributed by atoms with Crippen molar-refractivity contribution < 1.29 is 19.1 Å². The summed E-state index contributed by atoms with van der Waals surface area (Å²) in [6.45, 7) is 3.40. The van der Waals surface area contributed by atoms with Crippen LogP contribution in [0.5, 0.6) is 0 Å². The SMILES string of the molecule is C[C@H](OC(=O)c1ccccc1)[C@H](C)OC(=O)c1ccccc1. The monoisotopic (exact) mass is 298 g/mol. The van der Waals surface area contributed by atoms with Crippen molar-refractivity contribution in [2.45, 2.75) is 26.1 Å². The van der Waals surface area contributed by atoms with E-state index in [0.717, 1.165) is 0 Å². The lowest BCUT2D eigenvalue weighted by molar-refractivity contribution is -0.0239. The van der Waals surface area contributed by atoms with Gasteiger partial charge in [0.1, 0.15) is 12.2 Å². The van der Waals surface area contributed by atoms with Crippen molar-refractivity contribution in [3.05, 3.63) is 71.8 Å². The van der Waals surface area contributed by atoms with Gasteiger partial charge in [-0.05, 0) is 38.1 Å². The second kappa shape index (κ2) is 7.41. The van der Waals surface area contributed by atoms with Crippen LogP contribution in [0.2, 0.25) is 0 Å². The van der Waals surface area contributed by atoms with Gasteiger partial charge in [0, 0.05) is 0 Å². The fraction of sp³-hybridized carbons (Fsp3) is 0.222. The van der Waals surface area contributed by atoms with E-state index in [1.807, 2.05) is 12.1 Å². The number of esters is 2. The summed E-state index contributed by atoms with van der Waals surface area (Å²) in [5, 5.41) is 0. The molecule has 4 heteroatoms. The number of hydrogen-bond donors (Lipinski definition) is 0. The normalized spacial score (nSPS) is 13.0. The molecule has 0 saturated carbocycles. The van der Waals surface area contributed by atoms with Crippen molar-refractivity contribution in [2.24, 2.45) is 0 Å². The zero-order valence-corrected chi connectivity index (χ0v) is 12.6. The van der Waals surface area contributed by atoms with E-state index in [-0.39, 0.29) is 0 Å². The van der Waals surface area contributed by atoms with E-state index in [0.29, 0.717) is 11.1 Å². The summed E-state index contributed by atoms with van der Waals surface area (Å²) in [5.74, 6) is -0.869. The lowest BCUT2D eigenvalue weighted by Crippen LogP contribution is -2.30. The Labute approximate surface area is 129 Å². The molecule has 0 bridgehead atoms. The van der Waals surface area contributed by atoms with Crippen LogP contribution in [-0.2, 0) is 9.47 Å². The summed E-state index contributed by atoms with van der Waals surface area (Å²) in [6.07, 6.45) is -1.08. The molecule has 2 rings (SSSR count). The third-order valence-electron chi connectivity index (χ3n) is 3.27. The Kier molecular flexibility index (Phi) is 5.31. The third-order valence-corrected chi connectivity index (χ3v) is 3.27. The highest BCUT2D eigenvalue weighted by molar-refractivity contribution is 5.90. The van der Waals surface area contributed by atoms with Crippen molar-refractivity contribution in [1.82, 2.24) is 0 Å². The maximum Gasteiger partial charge on any atom is 0.338 e. The molecule has 0 heterocycles. The Hall–Kier alpha value is -2.62. The molecule has 0 aliphatic heterocycles. The minimum absolute atomic E-state index is 0.435. The van der Waals surface area contributed by atoms with E-state index in [9.17, 15) is 9.59 Å². The number of carbonyl (C=O) groups excluding carboxylic acids is 2. The maximum atomic E-state index is 12.0. The van der Waals surface area contributed by atoms with Crippen molar-refractivity contribution in [3.63, 3.8) is 0 Å². The molecule has 0 spiro atoms. The van der Waals surface area contributed by atoms with Gasteiger partial charge < -0.3 is 9.47 Å². The maximum absolute atomic E-state index is 12.0. The van der Waals surface area contributed by atoms with Gasteiger partial charge in [0.2, 0.25) is 0 Å². The lowest BCUT2D eigenvalue weighted by Gasteiger charge is -2.20. The van der Waals surface area contributed by atoms with Crippen molar-refractivity contribution in [1.29, 1.82) is 0 Å². The Balaban J connectivity index is 1.91. The smallest absolute Gasteiger partial charge is 0.338 e. The molecule has 0 radical (unpaired) electrons. The van der Waals surface area contributed by atoms with Gasteiger partial charge in [-0.25, -0.2) is 9.59 Å². The molecule has 0 saturated heterocycles. The number of benzene rings is 2. The molecule has 0 unspecified atom stereocenters. The molecule has 0 aliphatic rings. The first-order valence-electron chi connectivity index (χ1n) is 7.10. The molecule has 0 N–H and O–H groups in total. The van der Waals surface area contributed by atoms with Gasteiger partial charge >= 0.3 is 11.9 Å². The molecule has 0 amide bonds. The fourth-order valence-electron chi connectivity index (χ4n) is 1.81. The van der Waals surface area contributed by atoms with E-state index in [2.05, 4.69) is 0 Å². The van der Waals surface area contributed by atoms with Crippen LogP contribution >= 0.6 is 0 Å². The van der Waals surface area contributed by atoms with Crippen LogP contribution in [0, 0.1) is 0 Å². The van der Waals surface area contributed by atoms with E-state index in [4.69, 9.17) is 9.47 Å². The summed E-state index contributed by atoms with van der Waals surface area (Å²) in [4.78, 5) is 23.9. The van der Waals surface area contributed by atoms with Crippen LogP contribution in [-0.4, -0.2) is 24.1 Å². The van der Waals surface area contributed by atoms with Crippen LogP contribution in [0.1, 0.15) is 34.6 Å². The number of carbonyl (C=O) groups is 2. The summed E-state index contributed by atoms with van der Waals surface area (Å²) in [6, 6.07) is 17.4. The van der Waals surface area contributed by atoms with Crippen molar-refractivity contribution in [2.75, 3.05) is 0 Å². The van der Waals surface area contributed by atoms with Gasteiger partial charge in [0.25, 0.3) is 0 Å². The molecule has 0 fully saturated rings. The molecule has 2 atom stereocenters. The van der Waals surface area contributed by atoms with Crippen LogP contribution in [0.3, 0.4) is 0 Å². The number of rotatable bonds is 5. The van der Waals surface area contributed by atoms with Gasteiger partial charge in [-0.2, -0.15) is 0 Å². The van der Waals surface area contributed by atoms with Crippen LogP contribution in [0.4, 0.5) is 0 Å².